The van der Waals surface area contributed by atoms with Crippen molar-refractivity contribution in [2.24, 2.45) is 11.8 Å². The summed E-state index contributed by atoms with van der Waals surface area (Å²) in [6.07, 6.45) is 11.1. The predicted octanol–water partition coefficient (Wildman–Crippen LogP) is 5.76. The largest absolute Gasteiger partial charge is 0.435 e. The van der Waals surface area contributed by atoms with E-state index in [1.54, 1.807) is 12.1 Å². The summed E-state index contributed by atoms with van der Waals surface area (Å²) >= 11 is 0. The van der Waals surface area contributed by atoms with E-state index in [1.807, 2.05) is 12.1 Å². The minimum absolute atomic E-state index is 0.206. The second-order valence-corrected chi connectivity index (χ2v) is 9.72. The molecule has 0 heterocycles. The lowest BCUT2D eigenvalue weighted by Crippen LogP contribution is -2.25. The van der Waals surface area contributed by atoms with E-state index in [9.17, 15) is 8.78 Å². The summed E-state index contributed by atoms with van der Waals surface area (Å²) in [5.74, 6) is 2.77. The van der Waals surface area contributed by atoms with E-state index in [0.717, 1.165) is 17.4 Å². The van der Waals surface area contributed by atoms with Gasteiger partial charge in [-0.3, -0.25) is 0 Å². The smallest absolute Gasteiger partial charge is 0.387 e. The van der Waals surface area contributed by atoms with Crippen LogP contribution in [0.2, 0.25) is 12.1 Å². The molecule has 24 heavy (non-hydrogen) atoms. The Balaban J connectivity index is 1.48. The zero-order chi connectivity index (χ0) is 16.9. The molecule has 134 valence electrons. The summed E-state index contributed by atoms with van der Waals surface area (Å²) < 4.78 is 28.9. The first kappa shape index (κ1) is 17.9. The summed E-state index contributed by atoms with van der Waals surface area (Å²) in [4.78, 5) is 0. The van der Waals surface area contributed by atoms with E-state index in [0.29, 0.717) is 5.92 Å². The van der Waals surface area contributed by atoms with Crippen LogP contribution in [-0.4, -0.2) is 16.1 Å². The first-order chi connectivity index (χ1) is 11.7. The topological polar surface area (TPSA) is 9.23 Å². The van der Waals surface area contributed by atoms with Gasteiger partial charge in [0.1, 0.15) is 5.75 Å². The molecule has 0 bridgehead atoms. The van der Waals surface area contributed by atoms with Gasteiger partial charge in [0.2, 0.25) is 0 Å². The Kier molecular flexibility index (Phi) is 6.31. The standard InChI is InChI=1S/C20H30F2OSi/c1-24-19-12-8-17(9-13-19)15-4-2-14(3-5-15)16-6-10-18(11-7-16)23-20(21)22/h6-7,10-11,14-15,17,19-20H,2-5,8-9,12-13,24H2,1H3/t14-,15-,17-,19-. The van der Waals surface area contributed by atoms with Gasteiger partial charge in [-0.2, -0.15) is 8.78 Å². The molecule has 2 aliphatic rings. The van der Waals surface area contributed by atoms with Gasteiger partial charge < -0.3 is 4.74 Å². The molecule has 2 fully saturated rings. The molecule has 0 atom stereocenters. The molecule has 0 amide bonds. The third-order valence-electron chi connectivity index (χ3n) is 6.48. The minimum Gasteiger partial charge on any atom is -0.435 e. The van der Waals surface area contributed by atoms with Crippen LogP contribution in [0.1, 0.15) is 62.8 Å². The number of benzene rings is 1. The fraction of sp³-hybridized carbons (Fsp3) is 0.700. The van der Waals surface area contributed by atoms with Crippen molar-refractivity contribution in [2.75, 3.05) is 0 Å². The maximum absolute atomic E-state index is 12.2. The van der Waals surface area contributed by atoms with Gasteiger partial charge in [-0.15, -0.1) is 0 Å². The van der Waals surface area contributed by atoms with Crippen molar-refractivity contribution in [2.45, 2.75) is 76.0 Å². The van der Waals surface area contributed by atoms with E-state index in [-0.39, 0.29) is 15.3 Å². The average Bonchev–Trinajstić information content (AvgIpc) is 2.62. The lowest BCUT2D eigenvalue weighted by molar-refractivity contribution is -0.0498. The number of halogens is 2. The normalized spacial score (nSPS) is 31.7. The number of hydrogen-bond acceptors (Lipinski definition) is 1. The molecule has 1 aromatic rings. The third-order valence-corrected chi connectivity index (χ3v) is 8.46. The van der Waals surface area contributed by atoms with Crippen molar-refractivity contribution >= 4 is 9.52 Å². The summed E-state index contributed by atoms with van der Waals surface area (Å²) in [6, 6.07) is 7.31. The highest BCUT2D eigenvalue weighted by Crippen LogP contribution is 2.44. The van der Waals surface area contributed by atoms with E-state index in [4.69, 9.17) is 0 Å². The first-order valence-corrected chi connectivity index (χ1v) is 11.9. The maximum atomic E-state index is 12.2. The minimum atomic E-state index is -2.74. The fourth-order valence-electron chi connectivity index (χ4n) is 4.91. The van der Waals surface area contributed by atoms with Gasteiger partial charge in [-0.1, -0.05) is 49.9 Å². The molecule has 3 rings (SSSR count). The fourth-order valence-corrected chi connectivity index (χ4v) is 6.20. The van der Waals surface area contributed by atoms with Crippen molar-refractivity contribution in [3.63, 3.8) is 0 Å². The second-order valence-electron chi connectivity index (χ2n) is 7.75. The summed E-state index contributed by atoms with van der Waals surface area (Å²) in [7, 11) is 0.206. The van der Waals surface area contributed by atoms with Crippen molar-refractivity contribution in [1.29, 1.82) is 0 Å². The Morgan fingerprint density at radius 3 is 1.92 bits per heavy atom. The molecule has 0 spiro atoms. The SMILES string of the molecule is C[SiH2][C@H]1CC[C@H]([C@H]2CC[C@H](c3ccc(OC(F)F)cc3)CC2)CC1. The summed E-state index contributed by atoms with van der Waals surface area (Å²) in [6.45, 7) is -0.273. The lowest BCUT2D eigenvalue weighted by Gasteiger charge is -2.37. The third kappa shape index (κ3) is 4.59. The molecule has 2 aliphatic carbocycles. The van der Waals surface area contributed by atoms with Gasteiger partial charge in [0.15, 0.2) is 0 Å². The van der Waals surface area contributed by atoms with Crippen LogP contribution in [0.15, 0.2) is 24.3 Å². The van der Waals surface area contributed by atoms with Crippen molar-refractivity contribution in [3.8, 4) is 5.75 Å². The molecule has 0 saturated heterocycles. The van der Waals surface area contributed by atoms with Crippen LogP contribution in [0.5, 0.6) is 5.75 Å². The molecule has 0 aromatic heterocycles. The predicted molar refractivity (Wildman–Crippen MR) is 97.9 cm³/mol. The Labute approximate surface area is 147 Å². The quantitative estimate of drug-likeness (QED) is 0.612. The Hall–Kier alpha value is -0.903. The highest BCUT2D eigenvalue weighted by molar-refractivity contribution is 6.35. The molecular formula is C20H30F2OSi. The molecule has 1 nitrogen and oxygen atoms in total. The monoisotopic (exact) mass is 352 g/mol. The average molecular weight is 353 g/mol. The van der Waals surface area contributed by atoms with Crippen molar-refractivity contribution in [3.05, 3.63) is 29.8 Å². The van der Waals surface area contributed by atoms with Gasteiger partial charge in [0.25, 0.3) is 0 Å². The number of alkyl halides is 2. The van der Waals surface area contributed by atoms with E-state index >= 15 is 0 Å². The van der Waals surface area contributed by atoms with E-state index < -0.39 is 6.61 Å². The van der Waals surface area contributed by atoms with Crippen LogP contribution in [0.4, 0.5) is 8.78 Å². The van der Waals surface area contributed by atoms with Gasteiger partial charge in [0.05, 0.1) is 0 Å². The second kappa shape index (κ2) is 8.46. The summed E-state index contributed by atoms with van der Waals surface area (Å²) in [5.41, 5.74) is 2.40. The zero-order valence-corrected chi connectivity index (χ0v) is 16.1. The van der Waals surface area contributed by atoms with Crippen LogP contribution >= 0.6 is 0 Å². The molecule has 0 radical (unpaired) electrons. The number of ether oxygens (including phenoxy) is 1. The van der Waals surface area contributed by atoms with Crippen molar-refractivity contribution < 1.29 is 13.5 Å². The molecule has 0 unspecified atom stereocenters. The Morgan fingerprint density at radius 2 is 1.42 bits per heavy atom. The molecule has 1 aromatic carbocycles. The molecule has 0 N–H and O–H groups in total. The number of hydrogen-bond donors (Lipinski definition) is 0. The van der Waals surface area contributed by atoms with Crippen LogP contribution in [-0.2, 0) is 0 Å². The van der Waals surface area contributed by atoms with E-state index in [2.05, 4.69) is 11.3 Å². The first-order valence-electron chi connectivity index (χ1n) is 9.70. The Bertz CT molecular complexity index is 489. The van der Waals surface area contributed by atoms with Crippen LogP contribution < -0.4 is 4.74 Å². The molecule has 0 aliphatic heterocycles. The van der Waals surface area contributed by atoms with Gasteiger partial charge in [-0.05, 0) is 61.1 Å². The number of rotatable bonds is 5. The van der Waals surface area contributed by atoms with Crippen molar-refractivity contribution in [1.82, 2.24) is 0 Å². The summed E-state index contributed by atoms with van der Waals surface area (Å²) in [5, 5.41) is 0. The highest BCUT2D eigenvalue weighted by atomic mass is 28.2. The maximum Gasteiger partial charge on any atom is 0.387 e. The molecular weight excluding hydrogens is 322 g/mol. The van der Waals surface area contributed by atoms with Gasteiger partial charge in [-0.25, -0.2) is 0 Å². The van der Waals surface area contributed by atoms with Gasteiger partial charge >= 0.3 is 6.61 Å². The van der Waals surface area contributed by atoms with Crippen LogP contribution in [0.3, 0.4) is 0 Å². The Morgan fingerprint density at radius 1 is 0.875 bits per heavy atom. The highest BCUT2D eigenvalue weighted by Gasteiger charge is 2.30. The van der Waals surface area contributed by atoms with Gasteiger partial charge in [0, 0.05) is 9.52 Å². The lowest BCUT2D eigenvalue weighted by atomic mass is 9.70. The zero-order valence-electron chi connectivity index (χ0n) is 14.7. The van der Waals surface area contributed by atoms with E-state index in [1.165, 1.54) is 56.9 Å². The van der Waals surface area contributed by atoms with Crippen LogP contribution in [0.25, 0.3) is 0 Å². The molecule has 2 saturated carbocycles. The molecule has 4 heteroatoms. The van der Waals surface area contributed by atoms with Crippen LogP contribution in [0, 0.1) is 11.8 Å².